The highest BCUT2D eigenvalue weighted by Crippen LogP contribution is 2.47. The molecule has 0 saturated heterocycles. The number of hydrogen-bond acceptors (Lipinski definition) is 2. The summed E-state index contributed by atoms with van der Waals surface area (Å²) in [6.07, 6.45) is 0. The number of hydrogen-bond donors (Lipinski definition) is 0. The van der Waals surface area contributed by atoms with Crippen molar-refractivity contribution in [1.82, 2.24) is 4.57 Å². The fraction of sp³-hybridized carbons (Fsp3) is 0. The molecule has 57 heavy (non-hydrogen) atoms. The largest absolute Gasteiger partial charge is 0.455 e. The Morgan fingerprint density at radius 3 is 1.74 bits per heavy atom. The third kappa shape index (κ3) is 5.51. The molecule has 11 aromatic rings. The average molecular weight is 729 g/mol. The average Bonchev–Trinajstić information content (AvgIpc) is 3.83. The second-order valence-corrected chi connectivity index (χ2v) is 14.5. The lowest BCUT2D eigenvalue weighted by Crippen LogP contribution is -2.12. The van der Waals surface area contributed by atoms with Gasteiger partial charge in [-0.2, -0.15) is 0 Å². The van der Waals surface area contributed by atoms with Gasteiger partial charge < -0.3 is 13.9 Å². The lowest BCUT2D eigenvalue weighted by molar-refractivity contribution is 0.670. The molecule has 3 heteroatoms. The zero-order valence-electron chi connectivity index (χ0n) is 31.1. The number of furan rings is 1. The predicted octanol–water partition coefficient (Wildman–Crippen LogP) is 15.2. The van der Waals surface area contributed by atoms with E-state index < -0.39 is 0 Å². The summed E-state index contributed by atoms with van der Waals surface area (Å²) in [6, 6.07) is 78.1. The Morgan fingerprint density at radius 2 is 0.930 bits per heavy atom. The fourth-order valence-corrected chi connectivity index (χ4v) is 8.63. The Kier molecular flexibility index (Phi) is 7.82. The third-order valence-corrected chi connectivity index (χ3v) is 11.2. The molecule has 0 unspecified atom stereocenters. The lowest BCUT2D eigenvalue weighted by Gasteiger charge is -2.29. The molecule has 0 aliphatic carbocycles. The van der Waals surface area contributed by atoms with Gasteiger partial charge in [-0.1, -0.05) is 164 Å². The Bertz CT molecular complexity index is 3230. The first kappa shape index (κ1) is 32.8. The van der Waals surface area contributed by atoms with Crippen molar-refractivity contribution in [2.24, 2.45) is 0 Å². The third-order valence-electron chi connectivity index (χ3n) is 11.2. The van der Waals surface area contributed by atoms with Crippen LogP contribution in [0.15, 0.2) is 223 Å². The lowest BCUT2D eigenvalue weighted by atomic mass is 9.93. The summed E-state index contributed by atoms with van der Waals surface area (Å²) in [5.74, 6) is 0. The van der Waals surface area contributed by atoms with Gasteiger partial charge in [0.25, 0.3) is 0 Å². The maximum absolute atomic E-state index is 6.66. The molecule has 9 aromatic carbocycles. The minimum atomic E-state index is 0.884. The maximum atomic E-state index is 6.66. The molecular weight excluding hydrogens is 693 g/mol. The predicted molar refractivity (Wildman–Crippen MR) is 239 cm³/mol. The number of aromatic nitrogens is 1. The van der Waals surface area contributed by atoms with Crippen LogP contribution in [-0.4, -0.2) is 4.57 Å². The van der Waals surface area contributed by atoms with E-state index in [0.717, 1.165) is 66.9 Å². The van der Waals surface area contributed by atoms with Gasteiger partial charge in [0.1, 0.15) is 11.2 Å². The van der Waals surface area contributed by atoms with Crippen molar-refractivity contribution in [2.75, 3.05) is 4.90 Å². The first-order valence-electron chi connectivity index (χ1n) is 19.4. The Labute approximate surface area is 330 Å². The van der Waals surface area contributed by atoms with Crippen molar-refractivity contribution in [3.63, 3.8) is 0 Å². The van der Waals surface area contributed by atoms with Crippen molar-refractivity contribution >= 4 is 60.8 Å². The van der Waals surface area contributed by atoms with Gasteiger partial charge in [0.2, 0.25) is 0 Å². The van der Waals surface area contributed by atoms with Gasteiger partial charge >= 0.3 is 0 Å². The van der Waals surface area contributed by atoms with E-state index in [9.17, 15) is 0 Å². The molecule has 2 aromatic heterocycles. The number of benzene rings is 9. The molecule has 0 spiro atoms. The molecule has 268 valence electrons. The minimum absolute atomic E-state index is 0.884. The van der Waals surface area contributed by atoms with Crippen LogP contribution in [0, 0.1) is 0 Å². The molecule has 0 amide bonds. The molecule has 0 bridgehead atoms. The fourth-order valence-electron chi connectivity index (χ4n) is 8.63. The van der Waals surface area contributed by atoms with E-state index in [1.807, 2.05) is 6.07 Å². The van der Waals surface area contributed by atoms with E-state index in [2.05, 4.69) is 222 Å². The van der Waals surface area contributed by atoms with Gasteiger partial charge in [0.15, 0.2) is 0 Å². The zero-order valence-corrected chi connectivity index (χ0v) is 31.1. The number of nitrogens with zero attached hydrogens (tertiary/aromatic N) is 2. The van der Waals surface area contributed by atoms with Crippen LogP contribution in [0.5, 0.6) is 0 Å². The first-order valence-corrected chi connectivity index (χ1v) is 19.4. The maximum Gasteiger partial charge on any atom is 0.143 e. The van der Waals surface area contributed by atoms with Crippen LogP contribution >= 0.6 is 0 Å². The molecule has 0 N–H and O–H groups in total. The molecule has 0 saturated carbocycles. The molecular formula is C54H36N2O. The van der Waals surface area contributed by atoms with Gasteiger partial charge in [-0.25, -0.2) is 0 Å². The summed E-state index contributed by atoms with van der Waals surface area (Å²) in [4.78, 5) is 2.42. The number of rotatable bonds is 7. The highest BCUT2D eigenvalue weighted by Gasteiger charge is 2.23. The van der Waals surface area contributed by atoms with Gasteiger partial charge in [-0.3, -0.25) is 0 Å². The smallest absolute Gasteiger partial charge is 0.143 e. The quantitative estimate of drug-likeness (QED) is 0.163. The monoisotopic (exact) mass is 728 g/mol. The molecule has 2 heterocycles. The molecule has 0 atom stereocenters. The van der Waals surface area contributed by atoms with Crippen LogP contribution in [0.25, 0.3) is 82.8 Å². The van der Waals surface area contributed by atoms with Crippen LogP contribution < -0.4 is 4.90 Å². The van der Waals surface area contributed by atoms with Crippen LogP contribution in [0.3, 0.4) is 0 Å². The van der Waals surface area contributed by atoms with Crippen molar-refractivity contribution in [1.29, 1.82) is 0 Å². The molecule has 3 nitrogen and oxygen atoms in total. The Morgan fingerprint density at radius 1 is 0.351 bits per heavy atom. The second-order valence-electron chi connectivity index (χ2n) is 14.5. The highest BCUT2D eigenvalue weighted by molar-refractivity contribution is 6.12. The summed E-state index contributed by atoms with van der Waals surface area (Å²) < 4.78 is 9.05. The summed E-state index contributed by atoms with van der Waals surface area (Å²) in [7, 11) is 0. The zero-order chi connectivity index (χ0) is 37.7. The molecule has 11 rings (SSSR count). The van der Waals surface area contributed by atoms with E-state index >= 15 is 0 Å². The van der Waals surface area contributed by atoms with Gasteiger partial charge in [0.05, 0.1) is 16.7 Å². The molecule has 0 aliphatic heterocycles. The highest BCUT2D eigenvalue weighted by atomic mass is 16.3. The minimum Gasteiger partial charge on any atom is -0.455 e. The normalized spacial score (nSPS) is 11.5. The number of anilines is 3. The van der Waals surface area contributed by atoms with Gasteiger partial charge in [-0.05, 0) is 76.9 Å². The number of para-hydroxylation sites is 5. The van der Waals surface area contributed by atoms with E-state index in [-0.39, 0.29) is 0 Å². The summed E-state index contributed by atoms with van der Waals surface area (Å²) in [6.45, 7) is 0. The van der Waals surface area contributed by atoms with E-state index in [0.29, 0.717) is 0 Å². The Hall–Kier alpha value is -7.62. The van der Waals surface area contributed by atoms with E-state index in [1.54, 1.807) is 0 Å². The van der Waals surface area contributed by atoms with E-state index in [4.69, 9.17) is 4.42 Å². The van der Waals surface area contributed by atoms with Crippen LogP contribution in [-0.2, 0) is 0 Å². The SMILES string of the molecule is c1ccc(-c2ccc(N(c3ccc4c5ccccc5n(-c5ccccc5)c4c3)c3ccccc3-c3cccc4c3oc3ccccc34)cc2-c2ccccc2)cc1. The van der Waals surface area contributed by atoms with Crippen molar-refractivity contribution in [3.8, 4) is 39.1 Å². The van der Waals surface area contributed by atoms with Crippen LogP contribution in [0.1, 0.15) is 0 Å². The molecule has 0 radical (unpaired) electrons. The van der Waals surface area contributed by atoms with Gasteiger partial charge in [-0.15, -0.1) is 0 Å². The molecule has 0 fully saturated rings. The summed E-state index contributed by atoms with van der Waals surface area (Å²) in [5.41, 5.74) is 15.2. The van der Waals surface area contributed by atoms with Crippen LogP contribution in [0.4, 0.5) is 17.1 Å². The Balaban J connectivity index is 1.20. The standard InChI is InChI=1S/C54H36N2O/c1-4-17-37(18-5-1)42-33-31-40(35-49(42)38-19-6-2-7-20-38)55(41-32-34-45-43-23-10-14-29-51(43)56(52(45)36-41)39-21-8-3-9-22-39)50-28-13-11-24-44(50)47-26-16-27-48-46-25-12-15-30-53(46)57-54(47)48/h1-36H. The van der Waals surface area contributed by atoms with Crippen molar-refractivity contribution in [2.45, 2.75) is 0 Å². The first-order chi connectivity index (χ1) is 28.3. The number of fused-ring (bicyclic) bond motifs is 6. The van der Waals surface area contributed by atoms with Gasteiger partial charge in [0, 0.05) is 49.7 Å². The summed E-state index contributed by atoms with van der Waals surface area (Å²) >= 11 is 0. The second kappa shape index (κ2) is 13.6. The van der Waals surface area contributed by atoms with E-state index in [1.165, 1.54) is 33.0 Å². The molecule has 0 aliphatic rings. The topological polar surface area (TPSA) is 21.3 Å². The van der Waals surface area contributed by atoms with Crippen molar-refractivity contribution in [3.05, 3.63) is 218 Å². The van der Waals surface area contributed by atoms with Crippen LogP contribution in [0.2, 0.25) is 0 Å². The summed E-state index contributed by atoms with van der Waals surface area (Å²) in [5, 5.41) is 4.66. The van der Waals surface area contributed by atoms with Crippen molar-refractivity contribution < 1.29 is 4.42 Å².